The van der Waals surface area contributed by atoms with E-state index < -0.39 is 6.10 Å². The van der Waals surface area contributed by atoms with Gasteiger partial charge in [0.05, 0.1) is 5.54 Å². The molecule has 0 aliphatic heterocycles. The lowest BCUT2D eigenvalue weighted by molar-refractivity contribution is 0.0987. The lowest BCUT2D eigenvalue weighted by Gasteiger charge is -2.25. The number of rotatable bonds is 7. The molecule has 0 aliphatic carbocycles. The zero-order chi connectivity index (χ0) is 16.2. The Morgan fingerprint density at radius 1 is 1.36 bits per heavy atom. The van der Waals surface area contributed by atoms with Crippen molar-refractivity contribution in [2.75, 3.05) is 13.2 Å². The van der Waals surface area contributed by atoms with Gasteiger partial charge in [0.2, 0.25) is 0 Å². The van der Waals surface area contributed by atoms with Gasteiger partial charge >= 0.3 is 0 Å². The van der Waals surface area contributed by atoms with Crippen molar-refractivity contribution in [2.24, 2.45) is 0 Å². The van der Waals surface area contributed by atoms with Crippen LogP contribution < -0.4 is 10.1 Å². The number of nitrogens with one attached hydrogen (secondary N) is 1. The average Bonchev–Trinajstić information content (AvgIpc) is 2.91. The second-order valence-corrected chi connectivity index (χ2v) is 6.94. The Hall–Kier alpha value is -1.43. The fourth-order valence-electron chi connectivity index (χ4n) is 2.05. The van der Waals surface area contributed by atoms with Crippen molar-refractivity contribution in [2.45, 2.75) is 39.3 Å². The van der Waals surface area contributed by atoms with Crippen molar-refractivity contribution in [1.82, 2.24) is 10.3 Å². The highest BCUT2D eigenvalue weighted by Gasteiger charge is 2.24. The predicted octanol–water partition coefficient (Wildman–Crippen LogP) is 3.02. The van der Waals surface area contributed by atoms with Crippen molar-refractivity contribution in [3.05, 3.63) is 45.9 Å². The third kappa shape index (κ3) is 4.80. The summed E-state index contributed by atoms with van der Waals surface area (Å²) in [7, 11) is 0. The summed E-state index contributed by atoms with van der Waals surface area (Å²) in [6, 6.07) is 7.82. The maximum atomic E-state index is 10.1. The lowest BCUT2D eigenvalue weighted by atomic mass is 10.1. The number of aliphatic hydroxyl groups is 1. The van der Waals surface area contributed by atoms with Gasteiger partial charge in [-0.15, -0.1) is 11.3 Å². The van der Waals surface area contributed by atoms with Crippen LogP contribution in [-0.2, 0) is 5.54 Å². The normalized spacial score (nSPS) is 13.1. The monoisotopic (exact) mass is 320 g/mol. The molecule has 2 aromatic rings. The molecule has 2 N–H and O–H groups in total. The predicted molar refractivity (Wildman–Crippen MR) is 90.6 cm³/mol. The molecule has 2 rings (SSSR count). The number of hydrogen-bond acceptors (Lipinski definition) is 5. The van der Waals surface area contributed by atoms with E-state index in [2.05, 4.69) is 24.1 Å². The molecule has 0 fully saturated rings. The van der Waals surface area contributed by atoms with Crippen LogP contribution in [0.3, 0.4) is 0 Å². The summed E-state index contributed by atoms with van der Waals surface area (Å²) < 4.78 is 5.62. The highest BCUT2D eigenvalue weighted by molar-refractivity contribution is 7.09. The molecule has 0 saturated carbocycles. The first-order valence-corrected chi connectivity index (χ1v) is 8.30. The van der Waals surface area contributed by atoms with Crippen LogP contribution in [0.4, 0.5) is 0 Å². The van der Waals surface area contributed by atoms with Gasteiger partial charge in [0.15, 0.2) is 0 Å². The van der Waals surface area contributed by atoms with Gasteiger partial charge in [-0.05, 0) is 45.4 Å². The quantitative estimate of drug-likeness (QED) is 0.823. The molecule has 1 aromatic carbocycles. The number of benzene rings is 1. The zero-order valence-electron chi connectivity index (χ0n) is 13.6. The minimum atomic E-state index is -0.569. The number of nitrogens with zero attached hydrogens (tertiary/aromatic N) is 1. The number of aryl methyl sites for hydroxylation is 2. The first-order chi connectivity index (χ1) is 10.4. The molecule has 0 amide bonds. The number of aromatic nitrogens is 1. The molecule has 1 atom stereocenters. The molecular weight excluding hydrogens is 296 g/mol. The fraction of sp³-hybridized carbons (Fsp3) is 0.471. The van der Waals surface area contributed by atoms with Gasteiger partial charge in [-0.3, -0.25) is 0 Å². The van der Waals surface area contributed by atoms with Crippen molar-refractivity contribution >= 4 is 11.3 Å². The Kier molecular flexibility index (Phi) is 5.56. The number of aliphatic hydroxyl groups excluding tert-OH is 1. The number of ether oxygens (including phenoxy) is 1. The highest BCUT2D eigenvalue weighted by Crippen LogP contribution is 2.23. The molecule has 0 aliphatic rings. The van der Waals surface area contributed by atoms with E-state index in [4.69, 9.17) is 4.74 Å². The molecule has 0 saturated heterocycles. The molecule has 120 valence electrons. The largest absolute Gasteiger partial charge is 0.491 e. The zero-order valence-corrected chi connectivity index (χ0v) is 14.4. The Morgan fingerprint density at radius 2 is 2.14 bits per heavy atom. The van der Waals surface area contributed by atoms with Gasteiger partial charge in [0.25, 0.3) is 0 Å². The minimum absolute atomic E-state index is 0.261. The van der Waals surface area contributed by atoms with E-state index in [1.165, 1.54) is 0 Å². The molecule has 0 radical (unpaired) electrons. The topological polar surface area (TPSA) is 54.4 Å². The Labute approximate surface area is 136 Å². The van der Waals surface area contributed by atoms with Crippen molar-refractivity contribution in [1.29, 1.82) is 0 Å². The van der Waals surface area contributed by atoms with E-state index in [9.17, 15) is 5.11 Å². The van der Waals surface area contributed by atoms with Gasteiger partial charge in [0.1, 0.15) is 23.5 Å². The number of thiazole rings is 1. The second-order valence-electron chi connectivity index (χ2n) is 6.08. The Bertz CT molecular complexity index is 610. The van der Waals surface area contributed by atoms with Crippen LogP contribution in [0.2, 0.25) is 0 Å². The van der Waals surface area contributed by atoms with Gasteiger partial charge in [-0.2, -0.15) is 0 Å². The van der Waals surface area contributed by atoms with E-state index in [0.717, 1.165) is 22.0 Å². The van der Waals surface area contributed by atoms with E-state index in [0.29, 0.717) is 6.54 Å². The van der Waals surface area contributed by atoms with E-state index in [-0.39, 0.29) is 12.1 Å². The van der Waals surface area contributed by atoms with Crippen LogP contribution in [-0.4, -0.2) is 29.3 Å². The van der Waals surface area contributed by atoms with Gasteiger partial charge in [-0.1, -0.05) is 12.1 Å². The average molecular weight is 320 g/mol. The van der Waals surface area contributed by atoms with Crippen LogP contribution >= 0.6 is 11.3 Å². The molecule has 1 heterocycles. The molecule has 22 heavy (non-hydrogen) atoms. The van der Waals surface area contributed by atoms with Gasteiger partial charge in [0, 0.05) is 17.6 Å². The van der Waals surface area contributed by atoms with Crippen LogP contribution in [0.5, 0.6) is 5.75 Å². The molecule has 1 unspecified atom stereocenters. The summed E-state index contributed by atoms with van der Waals surface area (Å²) in [5.41, 5.74) is 1.91. The van der Waals surface area contributed by atoms with Crippen molar-refractivity contribution in [3.8, 4) is 5.75 Å². The SMILES string of the molecule is Cc1cccc(OCC(O)CNC(C)(C)c2nc(C)cs2)c1. The number of hydrogen-bond donors (Lipinski definition) is 2. The fourth-order valence-corrected chi connectivity index (χ4v) is 2.94. The standard InChI is InChI=1S/C17H24N2O2S/c1-12-6-5-7-15(8-12)21-10-14(20)9-18-17(3,4)16-19-13(2)11-22-16/h5-8,11,14,18,20H,9-10H2,1-4H3. The summed E-state index contributed by atoms with van der Waals surface area (Å²) in [6.45, 7) is 8.86. The van der Waals surface area contributed by atoms with Crippen LogP contribution in [0.25, 0.3) is 0 Å². The van der Waals surface area contributed by atoms with Gasteiger partial charge in [-0.25, -0.2) is 4.98 Å². The van der Waals surface area contributed by atoms with E-state index in [1.807, 2.05) is 43.5 Å². The maximum Gasteiger partial charge on any atom is 0.119 e. The summed E-state index contributed by atoms with van der Waals surface area (Å²) in [5, 5.41) is 16.5. The summed E-state index contributed by atoms with van der Waals surface area (Å²) in [4.78, 5) is 4.51. The molecule has 0 spiro atoms. The van der Waals surface area contributed by atoms with Crippen LogP contribution in [0, 0.1) is 13.8 Å². The summed E-state index contributed by atoms with van der Waals surface area (Å²) >= 11 is 1.63. The molecule has 5 heteroatoms. The van der Waals surface area contributed by atoms with E-state index >= 15 is 0 Å². The van der Waals surface area contributed by atoms with E-state index in [1.54, 1.807) is 11.3 Å². The molecule has 4 nitrogen and oxygen atoms in total. The lowest BCUT2D eigenvalue weighted by Crippen LogP contribution is -2.42. The molecule has 1 aromatic heterocycles. The highest BCUT2D eigenvalue weighted by atomic mass is 32.1. The molecular formula is C17H24N2O2S. The first kappa shape index (κ1) is 16.9. The van der Waals surface area contributed by atoms with Crippen LogP contribution in [0.15, 0.2) is 29.6 Å². The van der Waals surface area contributed by atoms with Crippen molar-refractivity contribution < 1.29 is 9.84 Å². The summed E-state index contributed by atoms with van der Waals surface area (Å²) in [6.07, 6.45) is -0.569. The van der Waals surface area contributed by atoms with Gasteiger partial charge < -0.3 is 15.2 Å². The summed E-state index contributed by atoms with van der Waals surface area (Å²) in [5.74, 6) is 0.786. The minimum Gasteiger partial charge on any atom is -0.491 e. The maximum absolute atomic E-state index is 10.1. The third-order valence-corrected chi connectivity index (χ3v) is 4.65. The first-order valence-electron chi connectivity index (χ1n) is 7.42. The third-order valence-electron chi connectivity index (χ3n) is 3.37. The second kappa shape index (κ2) is 7.22. The molecule has 0 bridgehead atoms. The Morgan fingerprint density at radius 3 is 2.77 bits per heavy atom. The Balaban J connectivity index is 1.81. The smallest absolute Gasteiger partial charge is 0.119 e. The van der Waals surface area contributed by atoms with Crippen molar-refractivity contribution in [3.63, 3.8) is 0 Å². The van der Waals surface area contributed by atoms with Crippen LogP contribution in [0.1, 0.15) is 30.1 Å².